The van der Waals surface area contributed by atoms with Crippen LogP contribution in [0.25, 0.3) is 28.0 Å². The van der Waals surface area contributed by atoms with Crippen LogP contribution in [0.2, 0.25) is 5.02 Å². The lowest BCUT2D eigenvalue weighted by atomic mass is 10.1. The molecular weight excluding hydrogens is 422 g/mol. The summed E-state index contributed by atoms with van der Waals surface area (Å²) in [4.78, 5) is 16.7. The molecule has 0 unspecified atom stereocenters. The summed E-state index contributed by atoms with van der Waals surface area (Å²) in [5, 5.41) is 11.5. The molecule has 30 heavy (non-hydrogen) atoms. The zero-order valence-electron chi connectivity index (χ0n) is 15.9. The molecule has 0 saturated carbocycles. The first-order chi connectivity index (χ1) is 14.7. The molecule has 3 heterocycles. The standard InChI is InChI=1S/C21H18ClN5O2S/c22-14-5-7-15(8-6-14)27-19(17-13-23-18-4-2-1-3-16(17)18)24-25-20(27)30-12-10-26-9-11-29-21(26)28/h1-8,13,23H,9-12H2. The molecule has 0 bridgehead atoms. The van der Waals surface area contributed by atoms with Crippen LogP contribution in [0, 0.1) is 0 Å². The van der Waals surface area contributed by atoms with Crippen LogP contribution in [0.15, 0.2) is 59.9 Å². The van der Waals surface area contributed by atoms with E-state index in [1.807, 2.05) is 53.2 Å². The zero-order valence-corrected chi connectivity index (χ0v) is 17.5. The van der Waals surface area contributed by atoms with Crippen molar-refractivity contribution in [1.82, 2.24) is 24.6 Å². The molecule has 1 N–H and O–H groups in total. The van der Waals surface area contributed by atoms with Gasteiger partial charge in [-0.25, -0.2) is 4.79 Å². The van der Waals surface area contributed by atoms with Crippen LogP contribution in [0.3, 0.4) is 0 Å². The van der Waals surface area contributed by atoms with Crippen LogP contribution >= 0.6 is 23.4 Å². The van der Waals surface area contributed by atoms with Gasteiger partial charge in [0.05, 0.1) is 6.54 Å². The van der Waals surface area contributed by atoms with Crippen LogP contribution in [-0.2, 0) is 4.74 Å². The van der Waals surface area contributed by atoms with E-state index in [0.29, 0.717) is 30.5 Å². The minimum atomic E-state index is -0.255. The van der Waals surface area contributed by atoms with Gasteiger partial charge in [-0.05, 0) is 30.3 Å². The molecule has 1 fully saturated rings. The van der Waals surface area contributed by atoms with Gasteiger partial charge in [0.25, 0.3) is 0 Å². The number of carbonyl (C=O) groups is 1. The highest BCUT2D eigenvalue weighted by Gasteiger charge is 2.23. The number of para-hydroxylation sites is 1. The molecule has 4 aromatic rings. The minimum Gasteiger partial charge on any atom is -0.448 e. The fourth-order valence-corrected chi connectivity index (χ4v) is 4.53. The molecule has 1 saturated heterocycles. The second kappa shape index (κ2) is 8.04. The summed E-state index contributed by atoms with van der Waals surface area (Å²) in [6, 6.07) is 15.7. The molecule has 1 amide bonds. The number of hydrogen-bond donors (Lipinski definition) is 1. The van der Waals surface area contributed by atoms with Crippen molar-refractivity contribution < 1.29 is 9.53 Å². The molecule has 0 radical (unpaired) electrons. The number of aromatic amines is 1. The smallest absolute Gasteiger partial charge is 0.409 e. The number of aromatic nitrogens is 4. The molecule has 1 aliphatic heterocycles. The maximum atomic E-state index is 11.7. The van der Waals surface area contributed by atoms with E-state index in [1.165, 1.54) is 0 Å². The Hall–Kier alpha value is -2.97. The monoisotopic (exact) mass is 439 g/mol. The number of nitrogens with zero attached hydrogens (tertiary/aromatic N) is 4. The number of thioether (sulfide) groups is 1. The maximum absolute atomic E-state index is 11.7. The molecule has 0 atom stereocenters. The molecule has 0 spiro atoms. The third kappa shape index (κ3) is 3.53. The summed E-state index contributed by atoms with van der Waals surface area (Å²) >= 11 is 7.66. The second-order valence-corrected chi connectivity index (χ2v) is 8.31. The quantitative estimate of drug-likeness (QED) is 0.444. The van der Waals surface area contributed by atoms with Crippen molar-refractivity contribution in [2.45, 2.75) is 5.16 Å². The first kappa shape index (κ1) is 19.0. The predicted molar refractivity (Wildman–Crippen MR) is 117 cm³/mol. The fraction of sp³-hybridized carbons (Fsp3) is 0.190. The van der Waals surface area contributed by atoms with E-state index in [0.717, 1.165) is 33.1 Å². The Balaban J connectivity index is 1.51. The van der Waals surface area contributed by atoms with Gasteiger partial charge in [-0.1, -0.05) is 41.6 Å². The minimum absolute atomic E-state index is 0.255. The first-order valence-electron chi connectivity index (χ1n) is 9.53. The number of ether oxygens (including phenoxy) is 1. The largest absolute Gasteiger partial charge is 0.448 e. The number of hydrogen-bond acceptors (Lipinski definition) is 5. The Bertz CT molecular complexity index is 1200. The van der Waals surface area contributed by atoms with E-state index in [1.54, 1.807) is 16.7 Å². The molecule has 2 aromatic carbocycles. The lowest BCUT2D eigenvalue weighted by Crippen LogP contribution is -2.26. The van der Waals surface area contributed by atoms with Crippen LogP contribution in [0.1, 0.15) is 0 Å². The van der Waals surface area contributed by atoms with Gasteiger partial charge in [-0.2, -0.15) is 0 Å². The normalized spacial score (nSPS) is 13.9. The van der Waals surface area contributed by atoms with E-state index in [2.05, 4.69) is 21.2 Å². The average Bonchev–Trinajstić information content (AvgIpc) is 3.47. The van der Waals surface area contributed by atoms with Gasteiger partial charge in [0.1, 0.15) is 6.61 Å². The highest BCUT2D eigenvalue weighted by molar-refractivity contribution is 7.99. The fourth-order valence-electron chi connectivity index (χ4n) is 3.49. The summed E-state index contributed by atoms with van der Waals surface area (Å²) in [5.74, 6) is 1.44. The second-order valence-electron chi connectivity index (χ2n) is 6.82. The molecule has 1 aliphatic rings. The third-order valence-electron chi connectivity index (χ3n) is 4.99. The topological polar surface area (TPSA) is 76.0 Å². The average molecular weight is 440 g/mol. The van der Waals surface area contributed by atoms with E-state index in [-0.39, 0.29) is 6.09 Å². The Labute approximate surface area is 182 Å². The van der Waals surface area contributed by atoms with Crippen LogP contribution in [-0.4, -0.2) is 56.2 Å². The number of amides is 1. The molecular formula is C21H18ClN5O2S. The first-order valence-corrected chi connectivity index (χ1v) is 10.9. The summed E-state index contributed by atoms with van der Waals surface area (Å²) in [7, 11) is 0. The van der Waals surface area contributed by atoms with E-state index in [9.17, 15) is 4.79 Å². The highest BCUT2D eigenvalue weighted by atomic mass is 35.5. The van der Waals surface area contributed by atoms with Crippen LogP contribution < -0.4 is 0 Å². The molecule has 5 rings (SSSR count). The van der Waals surface area contributed by atoms with Gasteiger partial charge in [-0.3, -0.25) is 4.57 Å². The van der Waals surface area contributed by atoms with Crippen molar-refractivity contribution in [2.75, 3.05) is 25.4 Å². The number of fused-ring (bicyclic) bond motifs is 1. The van der Waals surface area contributed by atoms with Crippen molar-refractivity contribution in [1.29, 1.82) is 0 Å². The molecule has 7 nitrogen and oxygen atoms in total. The van der Waals surface area contributed by atoms with E-state index in [4.69, 9.17) is 16.3 Å². The number of benzene rings is 2. The van der Waals surface area contributed by atoms with Crippen molar-refractivity contribution in [3.8, 4) is 17.1 Å². The van der Waals surface area contributed by atoms with Crippen LogP contribution in [0.5, 0.6) is 0 Å². The predicted octanol–water partition coefficient (Wildman–Crippen LogP) is 4.61. The summed E-state index contributed by atoms with van der Waals surface area (Å²) in [6.45, 7) is 1.68. The summed E-state index contributed by atoms with van der Waals surface area (Å²) in [5.41, 5.74) is 2.94. The molecule has 0 aliphatic carbocycles. The van der Waals surface area contributed by atoms with Crippen molar-refractivity contribution in [3.05, 3.63) is 59.8 Å². The molecule has 152 valence electrons. The Morgan fingerprint density at radius 2 is 1.97 bits per heavy atom. The summed E-state index contributed by atoms with van der Waals surface area (Å²) < 4.78 is 7.02. The lowest BCUT2D eigenvalue weighted by molar-refractivity contribution is 0.160. The van der Waals surface area contributed by atoms with Crippen molar-refractivity contribution in [2.24, 2.45) is 0 Å². The third-order valence-corrected chi connectivity index (χ3v) is 6.15. The molecule has 9 heteroatoms. The van der Waals surface area contributed by atoms with Gasteiger partial charge in [0, 0.05) is 45.7 Å². The van der Waals surface area contributed by atoms with Gasteiger partial charge < -0.3 is 14.6 Å². The number of rotatable bonds is 6. The number of halogens is 1. The number of carbonyl (C=O) groups excluding carboxylic acids is 1. The summed E-state index contributed by atoms with van der Waals surface area (Å²) in [6.07, 6.45) is 1.70. The Morgan fingerprint density at radius 3 is 2.77 bits per heavy atom. The van der Waals surface area contributed by atoms with E-state index < -0.39 is 0 Å². The number of nitrogens with one attached hydrogen (secondary N) is 1. The Morgan fingerprint density at radius 1 is 1.13 bits per heavy atom. The Kier molecular flexibility index (Phi) is 5.10. The van der Waals surface area contributed by atoms with Gasteiger partial charge in [-0.15, -0.1) is 10.2 Å². The van der Waals surface area contributed by atoms with Gasteiger partial charge in [0.15, 0.2) is 11.0 Å². The zero-order chi connectivity index (χ0) is 20.5. The maximum Gasteiger partial charge on any atom is 0.409 e. The number of H-pyrrole nitrogens is 1. The van der Waals surface area contributed by atoms with Gasteiger partial charge >= 0.3 is 6.09 Å². The highest BCUT2D eigenvalue weighted by Crippen LogP contribution is 2.32. The van der Waals surface area contributed by atoms with E-state index >= 15 is 0 Å². The number of cyclic esters (lactones) is 1. The molecule has 2 aromatic heterocycles. The van der Waals surface area contributed by atoms with Crippen LogP contribution in [0.4, 0.5) is 4.79 Å². The lowest BCUT2D eigenvalue weighted by Gasteiger charge is -2.13. The van der Waals surface area contributed by atoms with Gasteiger partial charge in [0.2, 0.25) is 0 Å². The van der Waals surface area contributed by atoms with Crippen molar-refractivity contribution in [3.63, 3.8) is 0 Å². The SMILES string of the molecule is O=C1OCCN1CCSc1nnc(-c2c[nH]c3ccccc23)n1-c1ccc(Cl)cc1. The van der Waals surface area contributed by atoms with Crippen molar-refractivity contribution >= 4 is 40.4 Å².